The number of halogens is 1. The molecule has 1 aromatic carbocycles. The van der Waals surface area contributed by atoms with Crippen LogP contribution in [0.5, 0.6) is 0 Å². The number of hydrogen-bond acceptors (Lipinski definition) is 3. The number of carbonyl (C=O) groups excluding carboxylic acids is 1. The van der Waals surface area contributed by atoms with Crippen molar-refractivity contribution in [2.75, 3.05) is 12.4 Å². The molecule has 1 atom stereocenters. The van der Waals surface area contributed by atoms with Crippen molar-refractivity contribution < 1.29 is 9.53 Å². The minimum Gasteiger partial charge on any atom is -0.467 e. The molecule has 0 saturated heterocycles. The standard InChI is InChI=1S/C10H10BrNO2/c1-14-10(13)9-5-6-7(11)3-2-4-8(6)12-9/h2-4,9,12H,5H2,1H3. The molecule has 4 heteroatoms. The Morgan fingerprint density at radius 2 is 2.43 bits per heavy atom. The van der Waals surface area contributed by atoms with Crippen molar-refractivity contribution in [3.05, 3.63) is 28.2 Å². The lowest BCUT2D eigenvalue weighted by molar-refractivity contribution is -0.141. The first-order valence-corrected chi connectivity index (χ1v) is 5.13. The number of fused-ring (bicyclic) bond motifs is 1. The molecule has 2 rings (SSSR count). The average molecular weight is 256 g/mol. The van der Waals surface area contributed by atoms with Gasteiger partial charge in [0.2, 0.25) is 0 Å². The molecule has 0 bridgehead atoms. The van der Waals surface area contributed by atoms with Gasteiger partial charge in [-0.1, -0.05) is 22.0 Å². The monoisotopic (exact) mass is 255 g/mol. The summed E-state index contributed by atoms with van der Waals surface area (Å²) < 4.78 is 5.72. The summed E-state index contributed by atoms with van der Waals surface area (Å²) in [5, 5.41) is 3.12. The van der Waals surface area contributed by atoms with Crippen LogP contribution in [0.25, 0.3) is 0 Å². The van der Waals surface area contributed by atoms with E-state index in [4.69, 9.17) is 0 Å². The van der Waals surface area contributed by atoms with Crippen LogP contribution in [0.3, 0.4) is 0 Å². The van der Waals surface area contributed by atoms with Gasteiger partial charge in [-0.05, 0) is 17.7 Å². The fourth-order valence-corrected chi connectivity index (χ4v) is 2.16. The Morgan fingerprint density at radius 1 is 1.64 bits per heavy atom. The van der Waals surface area contributed by atoms with Gasteiger partial charge in [0.25, 0.3) is 0 Å². The second kappa shape index (κ2) is 3.61. The number of ether oxygens (including phenoxy) is 1. The lowest BCUT2D eigenvalue weighted by Gasteiger charge is -2.07. The second-order valence-corrected chi connectivity index (χ2v) is 4.04. The number of hydrogen-bond donors (Lipinski definition) is 1. The third-order valence-electron chi connectivity index (χ3n) is 2.34. The maximum atomic E-state index is 11.3. The molecule has 0 fully saturated rings. The number of anilines is 1. The first kappa shape index (κ1) is 9.52. The zero-order chi connectivity index (χ0) is 10.1. The van der Waals surface area contributed by atoms with Gasteiger partial charge in [0, 0.05) is 16.6 Å². The van der Waals surface area contributed by atoms with Gasteiger partial charge < -0.3 is 10.1 Å². The van der Waals surface area contributed by atoms with Crippen LogP contribution < -0.4 is 5.32 Å². The Labute approximate surface area is 90.6 Å². The maximum Gasteiger partial charge on any atom is 0.328 e. The van der Waals surface area contributed by atoms with E-state index < -0.39 is 0 Å². The summed E-state index contributed by atoms with van der Waals surface area (Å²) in [5.74, 6) is -0.215. The Bertz CT molecular complexity index is 378. The summed E-state index contributed by atoms with van der Waals surface area (Å²) in [6.07, 6.45) is 0.684. The molecule has 0 aromatic heterocycles. The van der Waals surface area contributed by atoms with Crippen LogP contribution in [0, 0.1) is 0 Å². The van der Waals surface area contributed by atoms with E-state index in [0.29, 0.717) is 6.42 Å². The van der Waals surface area contributed by atoms with E-state index in [-0.39, 0.29) is 12.0 Å². The molecule has 0 radical (unpaired) electrons. The van der Waals surface area contributed by atoms with Gasteiger partial charge in [-0.3, -0.25) is 0 Å². The number of nitrogens with one attached hydrogen (secondary N) is 1. The highest BCUT2D eigenvalue weighted by Crippen LogP contribution is 2.32. The predicted molar refractivity (Wildman–Crippen MR) is 57.3 cm³/mol. The lowest BCUT2D eigenvalue weighted by Crippen LogP contribution is -2.27. The highest BCUT2D eigenvalue weighted by Gasteiger charge is 2.28. The maximum absolute atomic E-state index is 11.3. The van der Waals surface area contributed by atoms with Gasteiger partial charge >= 0.3 is 5.97 Å². The van der Waals surface area contributed by atoms with Crippen LogP contribution in [0.15, 0.2) is 22.7 Å². The van der Waals surface area contributed by atoms with Crippen molar-refractivity contribution in [3.63, 3.8) is 0 Å². The van der Waals surface area contributed by atoms with E-state index in [0.717, 1.165) is 15.7 Å². The molecule has 1 N–H and O–H groups in total. The highest BCUT2D eigenvalue weighted by molar-refractivity contribution is 9.10. The third-order valence-corrected chi connectivity index (χ3v) is 3.09. The number of carbonyl (C=O) groups is 1. The third kappa shape index (κ3) is 1.50. The first-order chi connectivity index (χ1) is 6.72. The van der Waals surface area contributed by atoms with Crippen LogP contribution >= 0.6 is 15.9 Å². The topological polar surface area (TPSA) is 38.3 Å². The Balaban J connectivity index is 2.26. The van der Waals surface area contributed by atoms with Gasteiger partial charge in [-0.2, -0.15) is 0 Å². The normalized spacial score (nSPS) is 18.6. The van der Waals surface area contributed by atoms with Crippen molar-refractivity contribution in [1.29, 1.82) is 0 Å². The van der Waals surface area contributed by atoms with E-state index in [9.17, 15) is 4.79 Å². The fraction of sp³-hybridized carbons (Fsp3) is 0.300. The summed E-state index contributed by atoms with van der Waals surface area (Å²) in [4.78, 5) is 11.3. The molecule has 14 heavy (non-hydrogen) atoms. The van der Waals surface area contributed by atoms with Crippen LogP contribution in [0.1, 0.15) is 5.56 Å². The molecular formula is C10H10BrNO2. The van der Waals surface area contributed by atoms with Crippen molar-refractivity contribution in [2.45, 2.75) is 12.5 Å². The molecule has 0 saturated carbocycles. The number of esters is 1. The molecule has 1 aromatic rings. The molecule has 1 unspecified atom stereocenters. The Hall–Kier alpha value is -1.03. The molecule has 0 spiro atoms. The zero-order valence-corrected chi connectivity index (χ0v) is 9.30. The summed E-state index contributed by atoms with van der Waals surface area (Å²) in [6, 6.07) is 5.63. The SMILES string of the molecule is COC(=O)C1Cc2c(Br)cccc2N1. The lowest BCUT2D eigenvalue weighted by atomic mass is 10.1. The number of methoxy groups -OCH3 is 1. The largest absolute Gasteiger partial charge is 0.467 e. The van der Waals surface area contributed by atoms with Gasteiger partial charge in [-0.15, -0.1) is 0 Å². The van der Waals surface area contributed by atoms with Crippen LogP contribution in [0.4, 0.5) is 5.69 Å². The predicted octanol–water partition coefficient (Wildman–Crippen LogP) is 1.96. The summed E-state index contributed by atoms with van der Waals surface area (Å²) in [6.45, 7) is 0. The van der Waals surface area contributed by atoms with Crippen molar-refractivity contribution in [1.82, 2.24) is 0 Å². The van der Waals surface area contributed by atoms with E-state index >= 15 is 0 Å². The molecule has 0 amide bonds. The van der Waals surface area contributed by atoms with E-state index in [2.05, 4.69) is 26.0 Å². The second-order valence-electron chi connectivity index (χ2n) is 3.19. The number of benzene rings is 1. The van der Waals surface area contributed by atoms with Crippen LogP contribution in [-0.4, -0.2) is 19.1 Å². The average Bonchev–Trinajstić information content (AvgIpc) is 2.62. The molecule has 3 nitrogen and oxygen atoms in total. The van der Waals surface area contributed by atoms with Crippen LogP contribution in [0.2, 0.25) is 0 Å². The molecule has 74 valence electrons. The smallest absolute Gasteiger partial charge is 0.328 e. The Morgan fingerprint density at radius 3 is 3.07 bits per heavy atom. The summed E-state index contributed by atoms with van der Waals surface area (Å²) in [7, 11) is 1.40. The molecule has 1 heterocycles. The molecule has 1 aliphatic heterocycles. The quantitative estimate of drug-likeness (QED) is 0.780. The number of rotatable bonds is 1. The molecular weight excluding hydrogens is 246 g/mol. The minimum absolute atomic E-state index is 0.215. The van der Waals surface area contributed by atoms with Gasteiger partial charge in [0.15, 0.2) is 0 Å². The van der Waals surface area contributed by atoms with Crippen molar-refractivity contribution in [2.24, 2.45) is 0 Å². The van der Waals surface area contributed by atoms with Crippen molar-refractivity contribution >= 4 is 27.6 Å². The Kier molecular flexibility index (Phi) is 2.46. The zero-order valence-electron chi connectivity index (χ0n) is 7.71. The van der Waals surface area contributed by atoms with E-state index in [1.165, 1.54) is 7.11 Å². The molecule has 0 aliphatic carbocycles. The minimum atomic E-state index is -0.242. The summed E-state index contributed by atoms with van der Waals surface area (Å²) >= 11 is 3.45. The summed E-state index contributed by atoms with van der Waals surface area (Å²) in [5.41, 5.74) is 2.15. The van der Waals surface area contributed by atoms with Crippen molar-refractivity contribution in [3.8, 4) is 0 Å². The van der Waals surface area contributed by atoms with Gasteiger partial charge in [-0.25, -0.2) is 4.79 Å². The van der Waals surface area contributed by atoms with E-state index in [1.807, 2.05) is 18.2 Å². The first-order valence-electron chi connectivity index (χ1n) is 4.34. The van der Waals surface area contributed by atoms with Gasteiger partial charge in [0.05, 0.1) is 7.11 Å². The highest BCUT2D eigenvalue weighted by atomic mass is 79.9. The molecule has 1 aliphatic rings. The van der Waals surface area contributed by atoms with Crippen LogP contribution in [-0.2, 0) is 16.0 Å². The van der Waals surface area contributed by atoms with E-state index in [1.54, 1.807) is 0 Å². The fourth-order valence-electron chi connectivity index (χ4n) is 1.63. The van der Waals surface area contributed by atoms with Gasteiger partial charge in [0.1, 0.15) is 6.04 Å².